The molecule has 2 amide bonds. The van der Waals surface area contributed by atoms with Gasteiger partial charge in [-0.1, -0.05) is 32.0 Å². The lowest BCUT2D eigenvalue weighted by molar-refractivity contribution is -0.158. The Morgan fingerprint density at radius 3 is 2.51 bits per heavy atom. The van der Waals surface area contributed by atoms with E-state index in [1.165, 1.54) is 25.7 Å². The Bertz CT molecular complexity index is 980. The lowest BCUT2D eigenvalue weighted by Gasteiger charge is -2.61. The summed E-state index contributed by atoms with van der Waals surface area (Å²) >= 11 is 0. The normalized spacial score (nSPS) is 38.2. The van der Waals surface area contributed by atoms with Crippen molar-refractivity contribution in [2.24, 2.45) is 34.5 Å². The maximum absolute atomic E-state index is 12.5. The fourth-order valence-corrected chi connectivity index (χ4v) is 8.67. The number of esters is 1. The first-order valence-corrected chi connectivity index (χ1v) is 13.5. The van der Waals surface area contributed by atoms with E-state index in [1.54, 1.807) is 24.3 Å². The summed E-state index contributed by atoms with van der Waals surface area (Å²) in [6.07, 6.45) is 8.88. The van der Waals surface area contributed by atoms with Crippen LogP contribution >= 0.6 is 0 Å². The molecule has 190 valence electrons. The average Bonchev–Trinajstić information content (AvgIpc) is 3.20. The number of amides is 2. The molecular weight excluding hydrogens is 440 g/mol. The van der Waals surface area contributed by atoms with Crippen LogP contribution in [0.25, 0.3) is 0 Å². The van der Waals surface area contributed by atoms with Gasteiger partial charge in [-0.15, -0.1) is 0 Å². The maximum Gasteiger partial charge on any atom is 0.338 e. The molecule has 6 nitrogen and oxygen atoms in total. The Hall–Kier alpha value is -2.37. The third-order valence-electron chi connectivity index (χ3n) is 10.6. The summed E-state index contributed by atoms with van der Waals surface area (Å²) in [6.45, 7) is 5.34. The summed E-state index contributed by atoms with van der Waals surface area (Å²) in [7, 11) is 2.02. The molecule has 1 heterocycles. The van der Waals surface area contributed by atoms with Gasteiger partial charge in [-0.2, -0.15) is 0 Å². The number of fused-ring (bicyclic) bond motifs is 5. The number of nitrogens with one attached hydrogen (secondary N) is 1. The van der Waals surface area contributed by atoms with E-state index < -0.39 is 5.97 Å². The summed E-state index contributed by atoms with van der Waals surface area (Å²) in [4.78, 5) is 39.0. The molecule has 5 rings (SSSR count). The number of benzene rings is 1. The van der Waals surface area contributed by atoms with Gasteiger partial charge < -0.3 is 15.0 Å². The number of nitrogens with zero attached hydrogens (tertiary/aromatic N) is 1. The number of rotatable bonds is 5. The molecule has 3 saturated carbocycles. The van der Waals surface area contributed by atoms with Gasteiger partial charge in [0, 0.05) is 26.1 Å². The third kappa shape index (κ3) is 4.17. The first-order chi connectivity index (χ1) is 16.7. The molecule has 1 N–H and O–H groups in total. The molecular formula is C29H40N2O4. The van der Waals surface area contributed by atoms with Crippen LogP contribution in [-0.2, 0) is 14.3 Å². The lowest BCUT2D eigenvalue weighted by Crippen LogP contribution is -2.61. The zero-order valence-electron chi connectivity index (χ0n) is 21.4. The Kier molecular flexibility index (Phi) is 6.43. The van der Waals surface area contributed by atoms with E-state index in [0.29, 0.717) is 48.2 Å². The van der Waals surface area contributed by atoms with E-state index in [0.717, 1.165) is 25.2 Å². The van der Waals surface area contributed by atoms with Crippen molar-refractivity contribution in [2.75, 3.05) is 20.2 Å². The van der Waals surface area contributed by atoms with Crippen LogP contribution in [0.2, 0.25) is 0 Å². The minimum atomic E-state index is -0.467. The minimum Gasteiger partial charge on any atom is -0.452 e. The van der Waals surface area contributed by atoms with Crippen LogP contribution in [0.3, 0.4) is 0 Å². The van der Waals surface area contributed by atoms with Crippen molar-refractivity contribution < 1.29 is 19.1 Å². The Balaban J connectivity index is 1.18. The standard InChI is InChI=1S/C29H40N2O4/c1-28-15-13-23-21(10-12-24-29(23,2)16-14-26(33)31(24)3)22(28)11-9-20(28)17-30-25(32)18-35-27(34)19-7-5-4-6-8-19/h4-8,20-24H,9-18H2,1-3H3,(H,30,32)/t20?,21-,22-,23+,24?,28+,29+/m0/s1. The van der Waals surface area contributed by atoms with E-state index in [1.807, 2.05) is 13.1 Å². The smallest absolute Gasteiger partial charge is 0.338 e. The minimum absolute atomic E-state index is 0.224. The SMILES string of the molecule is CN1C(=O)CC[C@@]2(C)C1CC[C@@H]1[C@H]2CC[C@]2(C)C(CNC(=O)COC(=O)c3ccccc3)CC[C@@H]12. The lowest BCUT2D eigenvalue weighted by atomic mass is 9.47. The van der Waals surface area contributed by atoms with E-state index in [2.05, 4.69) is 24.1 Å². The fourth-order valence-electron chi connectivity index (χ4n) is 8.67. The summed E-state index contributed by atoms with van der Waals surface area (Å²) < 4.78 is 5.21. The van der Waals surface area contributed by atoms with E-state index in [4.69, 9.17) is 4.74 Å². The summed E-state index contributed by atoms with van der Waals surface area (Å²) in [5, 5.41) is 3.06. The molecule has 0 radical (unpaired) electrons. The highest BCUT2D eigenvalue weighted by Crippen LogP contribution is 2.66. The van der Waals surface area contributed by atoms with Crippen molar-refractivity contribution in [1.82, 2.24) is 10.2 Å². The number of likely N-dealkylation sites (tertiary alicyclic amines) is 1. The molecule has 1 saturated heterocycles. The summed E-state index contributed by atoms with van der Waals surface area (Å²) in [6, 6.07) is 9.17. The van der Waals surface area contributed by atoms with Crippen LogP contribution < -0.4 is 5.32 Å². The van der Waals surface area contributed by atoms with Gasteiger partial charge in [0.05, 0.1) is 5.56 Å². The number of carbonyl (C=O) groups excluding carboxylic acids is 3. The van der Waals surface area contributed by atoms with Crippen molar-refractivity contribution in [2.45, 2.75) is 71.3 Å². The van der Waals surface area contributed by atoms with Gasteiger partial charge in [0.25, 0.3) is 5.91 Å². The molecule has 7 atom stereocenters. The van der Waals surface area contributed by atoms with Gasteiger partial charge in [0.15, 0.2) is 6.61 Å². The first-order valence-electron chi connectivity index (χ1n) is 13.5. The molecule has 4 fully saturated rings. The molecule has 0 aromatic heterocycles. The predicted octanol–water partition coefficient (Wildman–Crippen LogP) is 4.44. The molecule has 2 unspecified atom stereocenters. The highest BCUT2D eigenvalue weighted by molar-refractivity contribution is 5.91. The van der Waals surface area contributed by atoms with E-state index in [-0.39, 0.29) is 23.3 Å². The zero-order valence-corrected chi connectivity index (χ0v) is 21.4. The zero-order chi connectivity index (χ0) is 24.8. The van der Waals surface area contributed by atoms with Crippen LogP contribution in [0.4, 0.5) is 0 Å². The van der Waals surface area contributed by atoms with E-state index >= 15 is 0 Å². The molecule has 4 aliphatic rings. The van der Waals surface area contributed by atoms with Crippen LogP contribution in [0, 0.1) is 34.5 Å². The number of piperidine rings is 1. The van der Waals surface area contributed by atoms with Gasteiger partial charge in [-0.05, 0) is 91.6 Å². The Morgan fingerprint density at radius 2 is 1.74 bits per heavy atom. The summed E-state index contributed by atoms with van der Waals surface area (Å²) in [5.74, 6) is 2.20. The molecule has 3 aliphatic carbocycles. The third-order valence-corrected chi connectivity index (χ3v) is 10.6. The first kappa shape index (κ1) is 24.3. The molecule has 6 heteroatoms. The molecule has 35 heavy (non-hydrogen) atoms. The van der Waals surface area contributed by atoms with Gasteiger partial charge in [0.1, 0.15) is 0 Å². The number of hydrogen-bond donors (Lipinski definition) is 1. The van der Waals surface area contributed by atoms with E-state index in [9.17, 15) is 14.4 Å². The van der Waals surface area contributed by atoms with Gasteiger partial charge >= 0.3 is 5.97 Å². The Labute approximate surface area is 209 Å². The van der Waals surface area contributed by atoms with Gasteiger partial charge in [-0.25, -0.2) is 4.79 Å². The second kappa shape index (κ2) is 9.25. The number of hydrogen-bond acceptors (Lipinski definition) is 4. The van der Waals surface area contributed by atoms with Gasteiger partial charge in [-0.3, -0.25) is 9.59 Å². The van der Waals surface area contributed by atoms with Crippen molar-refractivity contribution >= 4 is 17.8 Å². The second-order valence-corrected chi connectivity index (χ2v) is 12.0. The molecule has 0 bridgehead atoms. The topological polar surface area (TPSA) is 75.7 Å². The highest BCUT2D eigenvalue weighted by Gasteiger charge is 2.60. The quantitative estimate of drug-likeness (QED) is 0.632. The maximum atomic E-state index is 12.5. The van der Waals surface area contributed by atoms with Gasteiger partial charge in [0.2, 0.25) is 5.91 Å². The van der Waals surface area contributed by atoms with Crippen LogP contribution in [0.5, 0.6) is 0 Å². The average molecular weight is 481 g/mol. The predicted molar refractivity (Wildman–Crippen MR) is 133 cm³/mol. The van der Waals surface area contributed by atoms with Crippen molar-refractivity contribution in [1.29, 1.82) is 0 Å². The summed E-state index contributed by atoms with van der Waals surface area (Å²) in [5.41, 5.74) is 0.941. The number of ether oxygens (including phenoxy) is 1. The highest BCUT2D eigenvalue weighted by atomic mass is 16.5. The Morgan fingerprint density at radius 1 is 1.00 bits per heavy atom. The number of carbonyl (C=O) groups is 3. The van der Waals surface area contributed by atoms with Crippen molar-refractivity contribution in [3.8, 4) is 0 Å². The molecule has 1 aromatic carbocycles. The monoisotopic (exact) mass is 480 g/mol. The van der Waals surface area contributed by atoms with Crippen LogP contribution in [0.1, 0.15) is 75.6 Å². The fraction of sp³-hybridized carbons (Fsp3) is 0.690. The van der Waals surface area contributed by atoms with Crippen LogP contribution in [-0.4, -0.2) is 48.9 Å². The van der Waals surface area contributed by atoms with Crippen LogP contribution in [0.15, 0.2) is 30.3 Å². The largest absolute Gasteiger partial charge is 0.452 e. The van der Waals surface area contributed by atoms with Crippen molar-refractivity contribution in [3.63, 3.8) is 0 Å². The molecule has 0 spiro atoms. The second-order valence-electron chi connectivity index (χ2n) is 12.0. The van der Waals surface area contributed by atoms with Crippen molar-refractivity contribution in [3.05, 3.63) is 35.9 Å². The molecule has 1 aliphatic heterocycles. The molecule has 1 aromatic rings.